The van der Waals surface area contributed by atoms with Gasteiger partial charge in [0.2, 0.25) is 6.29 Å². The standard InChI is InChI=1S/C34H59N5O7/c1-20(2)9-7-10-21(3)11-8-12-22(4)15-16-39-18-23-13-14-24(35)32(44-23)45-29-25(36)17-26(37)30(27(29)40)46-33-28(41)31(38-6)34(5,42)19-43-33/h9,11,13,15-16,24-33,38,40-42H,7-8,10,12,14,17-19,35-37H2,1-6H3/b21-11+,22-15+,39-16?. The van der Waals surface area contributed by atoms with E-state index in [1.54, 1.807) is 20.2 Å². The number of aliphatic hydroxyl groups excluding tert-OH is 2. The summed E-state index contributed by atoms with van der Waals surface area (Å²) in [5.41, 5.74) is 21.7. The van der Waals surface area contributed by atoms with Crippen molar-refractivity contribution in [3.8, 4) is 0 Å². The van der Waals surface area contributed by atoms with Crippen LogP contribution in [0, 0.1) is 0 Å². The Bertz CT molecular complexity index is 1120. The monoisotopic (exact) mass is 649 g/mol. The van der Waals surface area contributed by atoms with Gasteiger partial charge in [-0.15, -0.1) is 0 Å². The van der Waals surface area contributed by atoms with Gasteiger partial charge in [0.25, 0.3) is 0 Å². The van der Waals surface area contributed by atoms with Crippen molar-refractivity contribution in [3.05, 3.63) is 46.8 Å². The third-order valence-electron chi connectivity index (χ3n) is 8.85. The summed E-state index contributed by atoms with van der Waals surface area (Å²) >= 11 is 0. The van der Waals surface area contributed by atoms with Crippen molar-refractivity contribution in [2.75, 3.05) is 20.2 Å². The Kier molecular flexibility index (Phi) is 15.0. The van der Waals surface area contributed by atoms with Gasteiger partial charge in [0.05, 0.1) is 25.2 Å². The van der Waals surface area contributed by atoms with E-state index >= 15 is 0 Å². The average molecular weight is 650 g/mol. The van der Waals surface area contributed by atoms with Crippen LogP contribution in [0.2, 0.25) is 0 Å². The number of ether oxygens (including phenoxy) is 4. The highest BCUT2D eigenvalue weighted by atomic mass is 16.7. The molecule has 0 spiro atoms. The molecule has 0 aromatic carbocycles. The molecule has 0 aromatic heterocycles. The number of hydrogen-bond acceptors (Lipinski definition) is 12. The molecule has 12 nitrogen and oxygen atoms in total. The fourth-order valence-corrected chi connectivity index (χ4v) is 6.05. The number of nitrogens with two attached hydrogens (primary N) is 3. The van der Waals surface area contributed by atoms with Crippen LogP contribution >= 0.6 is 0 Å². The van der Waals surface area contributed by atoms with Crippen LogP contribution in [0.4, 0.5) is 0 Å². The van der Waals surface area contributed by atoms with E-state index in [0.717, 1.165) is 25.7 Å². The minimum Gasteiger partial charge on any atom is -0.466 e. The topological polar surface area (TPSA) is 200 Å². The molecular formula is C34H59N5O7. The number of allylic oxidation sites excluding steroid dienone is 6. The van der Waals surface area contributed by atoms with Gasteiger partial charge in [-0.2, -0.15) is 0 Å². The van der Waals surface area contributed by atoms with E-state index in [9.17, 15) is 15.3 Å². The second-order valence-electron chi connectivity index (χ2n) is 13.5. The Labute approximate surface area is 274 Å². The lowest BCUT2D eigenvalue weighted by atomic mass is 9.84. The molecule has 3 rings (SSSR count). The summed E-state index contributed by atoms with van der Waals surface area (Å²) in [5.74, 6) is 0.621. The molecule has 2 fully saturated rings. The summed E-state index contributed by atoms with van der Waals surface area (Å²) in [6.07, 6.45) is 8.92. The summed E-state index contributed by atoms with van der Waals surface area (Å²) in [6.45, 7) is 10.3. The Morgan fingerprint density at radius 1 is 0.978 bits per heavy atom. The first-order valence-corrected chi connectivity index (χ1v) is 16.5. The molecule has 262 valence electrons. The van der Waals surface area contributed by atoms with Gasteiger partial charge >= 0.3 is 0 Å². The lowest BCUT2D eigenvalue weighted by Gasteiger charge is -2.48. The lowest BCUT2D eigenvalue weighted by Crippen LogP contribution is -2.68. The highest BCUT2D eigenvalue weighted by Gasteiger charge is 2.50. The number of hydrogen-bond donors (Lipinski definition) is 7. The zero-order valence-electron chi connectivity index (χ0n) is 28.5. The van der Waals surface area contributed by atoms with Gasteiger partial charge in [-0.25, -0.2) is 0 Å². The van der Waals surface area contributed by atoms with Crippen LogP contribution in [0.1, 0.15) is 73.1 Å². The van der Waals surface area contributed by atoms with Crippen molar-refractivity contribution in [2.45, 2.75) is 140 Å². The molecule has 10 N–H and O–H groups in total. The largest absolute Gasteiger partial charge is 0.466 e. The van der Waals surface area contributed by atoms with Crippen molar-refractivity contribution >= 4 is 6.21 Å². The smallest absolute Gasteiger partial charge is 0.215 e. The van der Waals surface area contributed by atoms with Crippen LogP contribution < -0.4 is 22.5 Å². The number of nitrogens with one attached hydrogen (secondary N) is 1. The third-order valence-corrected chi connectivity index (χ3v) is 8.85. The minimum absolute atomic E-state index is 0.0797. The van der Waals surface area contributed by atoms with Crippen LogP contribution in [0.5, 0.6) is 0 Å². The van der Waals surface area contributed by atoms with Crippen molar-refractivity contribution in [1.82, 2.24) is 5.32 Å². The Hall–Kier alpha value is -1.97. The van der Waals surface area contributed by atoms with E-state index in [4.69, 9.17) is 36.1 Å². The van der Waals surface area contributed by atoms with Crippen LogP contribution in [0.3, 0.4) is 0 Å². The van der Waals surface area contributed by atoms with E-state index in [2.05, 4.69) is 50.2 Å². The van der Waals surface area contributed by atoms with Crippen molar-refractivity contribution < 1.29 is 34.3 Å². The summed E-state index contributed by atoms with van der Waals surface area (Å²) in [7, 11) is 1.63. The van der Waals surface area contributed by atoms with Gasteiger partial charge in [0, 0.05) is 18.3 Å². The van der Waals surface area contributed by atoms with Crippen LogP contribution in [-0.2, 0) is 18.9 Å². The number of aliphatic imine (C=N–C) groups is 1. The van der Waals surface area contributed by atoms with Crippen molar-refractivity contribution in [2.24, 2.45) is 22.2 Å². The van der Waals surface area contributed by atoms with Crippen molar-refractivity contribution in [1.29, 1.82) is 0 Å². The first-order valence-electron chi connectivity index (χ1n) is 16.5. The molecule has 1 aliphatic carbocycles. The first kappa shape index (κ1) is 38.5. The number of likely N-dealkylation sites (N-methyl/N-ethyl adjacent to an activating group) is 1. The maximum Gasteiger partial charge on any atom is 0.215 e. The maximum atomic E-state index is 11.3. The summed E-state index contributed by atoms with van der Waals surface area (Å²) < 4.78 is 23.9. The predicted molar refractivity (Wildman–Crippen MR) is 180 cm³/mol. The number of rotatable bonds is 14. The van der Waals surface area contributed by atoms with E-state index < -0.39 is 66.8 Å². The van der Waals surface area contributed by atoms with Gasteiger partial charge in [-0.3, -0.25) is 4.99 Å². The van der Waals surface area contributed by atoms with E-state index in [1.165, 1.54) is 16.7 Å². The summed E-state index contributed by atoms with van der Waals surface area (Å²) in [4.78, 5) is 4.50. The Balaban J connectivity index is 1.52. The molecule has 0 amide bonds. The molecule has 0 aromatic rings. The van der Waals surface area contributed by atoms with E-state index in [-0.39, 0.29) is 13.0 Å². The molecule has 2 heterocycles. The molecule has 3 aliphatic rings. The van der Waals surface area contributed by atoms with Gasteiger partial charge in [-0.1, -0.05) is 28.9 Å². The quantitative estimate of drug-likeness (QED) is 0.107. The predicted octanol–water partition coefficient (Wildman–Crippen LogP) is 1.68. The van der Waals surface area contributed by atoms with Gasteiger partial charge < -0.3 is 56.8 Å². The summed E-state index contributed by atoms with van der Waals surface area (Å²) in [5, 5.41) is 35.6. The average Bonchev–Trinajstić information content (AvgIpc) is 2.97. The number of aliphatic hydroxyl groups is 3. The molecule has 2 aliphatic heterocycles. The zero-order chi connectivity index (χ0) is 34.0. The molecule has 0 radical (unpaired) electrons. The molecule has 1 saturated heterocycles. The molecule has 46 heavy (non-hydrogen) atoms. The molecule has 11 atom stereocenters. The second-order valence-corrected chi connectivity index (χ2v) is 13.5. The molecule has 11 unspecified atom stereocenters. The zero-order valence-corrected chi connectivity index (χ0v) is 28.5. The Morgan fingerprint density at radius 2 is 1.61 bits per heavy atom. The molecular weight excluding hydrogens is 590 g/mol. The third kappa shape index (κ3) is 11.0. The highest BCUT2D eigenvalue weighted by molar-refractivity contribution is 5.72. The molecule has 1 saturated carbocycles. The second kappa shape index (κ2) is 18.0. The van der Waals surface area contributed by atoms with E-state index in [0.29, 0.717) is 18.7 Å². The first-order chi connectivity index (χ1) is 21.7. The SMILES string of the molecule is CNC1C(O)C(OC2C(N)CC(N)C(OC3OC(CN=C/C=C(\C)CC/C=C(\C)CCC=C(C)C)=CCC3N)C2O)OCC1(C)O. The number of nitrogens with zero attached hydrogens (tertiary/aromatic N) is 1. The molecule has 0 bridgehead atoms. The molecule has 12 heteroatoms. The summed E-state index contributed by atoms with van der Waals surface area (Å²) in [6, 6.07) is -2.46. The fraction of sp³-hybridized carbons (Fsp3) is 0.735. The van der Waals surface area contributed by atoms with Gasteiger partial charge in [0.15, 0.2) is 6.29 Å². The normalized spacial score (nSPS) is 37.6. The minimum atomic E-state index is -1.31. The Morgan fingerprint density at radius 3 is 2.26 bits per heavy atom. The van der Waals surface area contributed by atoms with Crippen LogP contribution in [0.25, 0.3) is 0 Å². The van der Waals surface area contributed by atoms with Crippen LogP contribution in [0.15, 0.2) is 51.8 Å². The fourth-order valence-electron chi connectivity index (χ4n) is 6.05. The van der Waals surface area contributed by atoms with Gasteiger partial charge in [-0.05, 0) is 92.3 Å². The van der Waals surface area contributed by atoms with Crippen molar-refractivity contribution in [3.63, 3.8) is 0 Å². The van der Waals surface area contributed by atoms with E-state index in [1.807, 2.05) is 12.2 Å². The van der Waals surface area contributed by atoms with Crippen LogP contribution in [-0.4, -0.2) is 108 Å². The van der Waals surface area contributed by atoms with Gasteiger partial charge in [0.1, 0.15) is 35.8 Å². The maximum absolute atomic E-state index is 11.3. The lowest BCUT2D eigenvalue weighted by molar-refractivity contribution is -0.303. The highest BCUT2D eigenvalue weighted by Crippen LogP contribution is 2.31.